The normalized spacial score (nSPS) is 22.8. The zero-order valence-corrected chi connectivity index (χ0v) is 12.0. The van der Waals surface area contributed by atoms with Gasteiger partial charge in [0, 0.05) is 25.2 Å². The van der Waals surface area contributed by atoms with E-state index in [9.17, 15) is 9.18 Å². The molecule has 2 rings (SSSR count). The summed E-state index contributed by atoms with van der Waals surface area (Å²) >= 11 is 0. The maximum Gasteiger partial charge on any atom is 0.227 e. The quantitative estimate of drug-likeness (QED) is 0.902. The summed E-state index contributed by atoms with van der Waals surface area (Å²) in [5.41, 5.74) is 0.735. The van der Waals surface area contributed by atoms with Crippen LogP contribution in [0.3, 0.4) is 0 Å². The van der Waals surface area contributed by atoms with E-state index in [1.165, 1.54) is 12.1 Å². The summed E-state index contributed by atoms with van der Waals surface area (Å²) in [5, 5.41) is 3.34. The summed E-state index contributed by atoms with van der Waals surface area (Å²) in [7, 11) is 0. The fourth-order valence-electron chi connectivity index (χ4n) is 2.33. The van der Waals surface area contributed by atoms with Crippen molar-refractivity contribution in [2.45, 2.75) is 32.4 Å². The lowest BCUT2D eigenvalue weighted by molar-refractivity contribution is -0.134. The average Bonchev–Trinajstić information content (AvgIpc) is 2.32. The van der Waals surface area contributed by atoms with Crippen molar-refractivity contribution in [3.63, 3.8) is 0 Å². The summed E-state index contributed by atoms with van der Waals surface area (Å²) in [6.07, 6.45) is 0.273. The first-order valence-corrected chi connectivity index (χ1v) is 6.35. The number of piperazine rings is 1. The number of carbonyl (C=O) groups is 1. The van der Waals surface area contributed by atoms with Gasteiger partial charge in [0.1, 0.15) is 5.82 Å². The number of hydrogen-bond donors (Lipinski definition) is 1. The molecule has 1 aliphatic heterocycles. The van der Waals surface area contributed by atoms with Crippen LogP contribution >= 0.6 is 12.4 Å². The zero-order valence-electron chi connectivity index (χ0n) is 11.2. The lowest BCUT2D eigenvalue weighted by Crippen LogP contribution is -2.57. The monoisotopic (exact) mass is 286 g/mol. The highest BCUT2D eigenvalue weighted by Crippen LogP contribution is 2.12. The molecule has 1 saturated heterocycles. The predicted octanol–water partition coefficient (Wildman–Crippen LogP) is 2.00. The van der Waals surface area contributed by atoms with E-state index < -0.39 is 0 Å². The van der Waals surface area contributed by atoms with Crippen LogP contribution in [0, 0.1) is 5.82 Å². The molecule has 1 amide bonds. The van der Waals surface area contributed by atoms with Gasteiger partial charge < -0.3 is 10.2 Å². The number of nitrogens with one attached hydrogen (secondary N) is 1. The van der Waals surface area contributed by atoms with Crippen LogP contribution in [0.25, 0.3) is 0 Å². The summed E-state index contributed by atoms with van der Waals surface area (Å²) in [6, 6.07) is 6.73. The van der Waals surface area contributed by atoms with Gasteiger partial charge >= 0.3 is 0 Å². The number of rotatable bonds is 2. The van der Waals surface area contributed by atoms with E-state index in [-0.39, 0.29) is 36.6 Å². The topological polar surface area (TPSA) is 32.3 Å². The summed E-state index contributed by atoms with van der Waals surface area (Å²) < 4.78 is 13.1. The number of nitrogens with zero attached hydrogens (tertiary/aromatic N) is 1. The Morgan fingerprint density at radius 3 is 2.89 bits per heavy atom. The molecule has 0 saturated carbocycles. The molecule has 1 aromatic carbocycles. The van der Waals surface area contributed by atoms with E-state index >= 15 is 0 Å². The Bertz CT molecular complexity index is 441. The second kappa shape index (κ2) is 6.87. The molecule has 106 valence electrons. The Kier molecular flexibility index (Phi) is 5.76. The van der Waals surface area contributed by atoms with E-state index in [2.05, 4.69) is 12.2 Å². The van der Waals surface area contributed by atoms with Gasteiger partial charge in [0.2, 0.25) is 5.91 Å². The smallest absolute Gasteiger partial charge is 0.227 e. The van der Waals surface area contributed by atoms with Crippen LogP contribution in [0.5, 0.6) is 0 Å². The fraction of sp³-hybridized carbons (Fsp3) is 0.500. The van der Waals surface area contributed by atoms with Crippen LogP contribution < -0.4 is 5.32 Å². The van der Waals surface area contributed by atoms with Crippen molar-refractivity contribution in [1.29, 1.82) is 0 Å². The molecular weight excluding hydrogens is 267 g/mol. The molecule has 0 spiro atoms. The lowest BCUT2D eigenvalue weighted by atomic mass is 10.1. The molecule has 0 aliphatic carbocycles. The molecule has 1 aliphatic rings. The number of benzene rings is 1. The Labute approximate surface area is 119 Å². The molecule has 1 fully saturated rings. The van der Waals surface area contributed by atoms with E-state index in [0.717, 1.165) is 18.7 Å². The number of halogens is 2. The summed E-state index contributed by atoms with van der Waals surface area (Å²) in [6.45, 7) is 5.66. The van der Waals surface area contributed by atoms with E-state index in [1.54, 1.807) is 12.1 Å². The van der Waals surface area contributed by atoms with Crippen LogP contribution in [0.15, 0.2) is 24.3 Å². The van der Waals surface area contributed by atoms with Crippen LogP contribution in [0.2, 0.25) is 0 Å². The molecule has 2 unspecified atom stereocenters. The third-order valence-electron chi connectivity index (χ3n) is 3.60. The first-order chi connectivity index (χ1) is 8.58. The largest absolute Gasteiger partial charge is 0.337 e. The first kappa shape index (κ1) is 15.9. The molecule has 1 N–H and O–H groups in total. The molecule has 1 aromatic rings. The van der Waals surface area contributed by atoms with Crippen LogP contribution in [-0.4, -0.2) is 36.0 Å². The van der Waals surface area contributed by atoms with Gasteiger partial charge in [0.05, 0.1) is 6.42 Å². The summed E-state index contributed by atoms with van der Waals surface area (Å²) in [4.78, 5) is 14.1. The molecule has 2 atom stereocenters. The van der Waals surface area contributed by atoms with Crippen molar-refractivity contribution in [3.05, 3.63) is 35.6 Å². The Morgan fingerprint density at radius 2 is 2.21 bits per heavy atom. The number of carbonyl (C=O) groups excluding carboxylic acids is 1. The zero-order chi connectivity index (χ0) is 13.1. The third kappa shape index (κ3) is 3.91. The molecule has 1 heterocycles. The number of amides is 1. The van der Waals surface area contributed by atoms with Crippen LogP contribution in [-0.2, 0) is 11.2 Å². The Balaban J connectivity index is 0.00000180. The van der Waals surface area contributed by atoms with Crippen molar-refractivity contribution in [2.75, 3.05) is 13.1 Å². The highest BCUT2D eigenvalue weighted by atomic mass is 35.5. The fourth-order valence-corrected chi connectivity index (χ4v) is 2.33. The van der Waals surface area contributed by atoms with E-state index in [0.29, 0.717) is 6.04 Å². The standard InChI is InChI=1S/C14H19FN2O.ClH/c1-10-11(2)17(7-6-16-10)14(18)9-12-4-3-5-13(15)8-12;/h3-5,8,10-11,16H,6-7,9H2,1-2H3;1H. The second-order valence-electron chi connectivity index (χ2n) is 4.88. The second-order valence-corrected chi connectivity index (χ2v) is 4.88. The SMILES string of the molecule is CC1NCCN(C(=O)Cc2cccc(F)c2)C1C.Cl. The lowest BCUT2D eigenvalue weighted by Gasteiger charge is -2.38. The molecule has 0 bridgehead atoms. The minimum atomic E-state index is -0.290. The van der Waals surface area contributed by atoms with Crippen molar-refractivity contribution >= 4 is 18.3 Å². The van der Waals surface area contributed by atoms with E-state index in [1.807, 2.05) is 11.8 Å². The highest BCUT2D eigenvalue weighted by molar-refractivity contribution is 5.85. The van der Waals surface area contributed by atoms with Crippen molar-refractivity contribution in [2.24, 2.45) is 0 Å². The van der Waals surface area contributed by atoms with Gasteiger partial charge in [0.25, 0.3) is 0 Å². The summed E-state index contributed by atoms with van der Waals surface area (Å²) in [5.74, 6) is -0.219. The molecule has 3 nitrogen and oxygen atoms in total. The van der Waals surface area contributed by atoms with Gasteiger partial charge in [-0.15, -0.1) is 12.4 Å². The maximum absolute atomic E-state index is 13.1. The van der Waals surface area contributed by atoms with Gasteiger partial charge in [-0.05, 0) is 31.5 Å². The molecule has 0 aromatic heterocycles. The molecular formula is C14H20ClFN2O. The van der Waals surface area contributed by atoms with Gasteiger partial charge in [0.15, 0.2) is 0 Å². The van der Waals surface area contributed by atoms with Crippen LogP contribution in [0.1, 0.15) is 19.4 Å². The Hall–Kier alpha value is -1.13. The average molecular weight is 287 g/mol. The highest BCUT2D eigenvalue weighted by Gasteiger charge is 2.27. The molecule has 0 radical (unpaired) electrons. The van der Waals surface area contributed by atoms with Crippen LogP contribution in [0.4, 0.5) is 4.39 Å². The number of hydrogen-bond acceptors (Lipinski definition) is 2. The third-order valence-corrected chi connectivity index (χ3v) is 3.60. The van der Waals surface area contributed by atoms with Gasteiger partial charge in [-0.3, -0.25) is 4.79 Å². The maximum atomic E-state index is 13.1. The van der Waals surface area contributed by atoms with Crippen molar-refractivity contribution in [3.8, 4) is 0 Å². The van der Waals surface area contributed by atoms with Gasteiger partial charge in [-0.25, -0.2) is 4.39 Å². The Morgan fingerprint density at radius 1 is 1.47 bits per heavy atom. The molecule has 19 heavy (non-hydrogen) atoms. The molecule has 5 heteroatoms. The predicted molar refractivity (Wildman–Crippen MR) is 76.0 cm³/mol. The van der Waals surface area contributed by atoms with E-state index in [4.69, 9.17) is 0 Å². The minimum absolute atomic E-state index is 0. The van der Waals surface area contributed by atoms with Crippen molar-refractivity contribution < 1.29 is 9.18 Å². The minimum Gasteiger partial charge on any atom is -0.337 e. The van der Waals surface area contributed by atoms with Gasteiger partial charge in [-0.1, -0.05) is 12.1 Å². The van der Waals surface area contributed by atoms with Crippen molar-refractivity contribution in [1.82, 2.24) is 10.2 Å². The van der Waals surface area contributed by atoms with Gasteiger partial charge in [-0.2, -0.15) is 0 Å². The first-order valence-electron chi connectivity index (χ1n) is 6.35.